The summed E-state index contributed by atoms with van der Waals surface area (Å²) < 4.78 is 6.13. The molecule has 1 aliphatic heterocycles. The van der Waals surface area contributed by atoms with Crippen LogP contribution in [0.5, 0.6) is 0 Å². The minimum absolute atomic E-state index is 0.0507. The lowest BCUT2D eigenvalue weighted by molar-refractivity contribution is -0.119. The number of hydrogen-bond acceptors (Lipinski definition) is 7. The summed E-state index contributed by atoms with van der Waals surface area (Å²) in [5.74, 6) is 0.223. The van der Waals surface area contributed by atoms with Gasteiger partial charge in [0.05, 0.1) is 11.9 Å². The Morgan fingerprint density at radius 3 is 2.77 bits per heavy atom. The summed E-state index contributed by atoms with van der Waals surface area (Å²) in [5.41, 5.74) is 0. The van der Waals surface area contributed by atoms with Gasteiger partial charge in [0.15, 0.2) is 4.34 Å². The third-order valence-electron chi connectivity index (χ3n) is 4.44. The zero-order valence-corrected chi connectivity index (χ0v) is 16.3. The van der Waals surface area contributed by atoms with E-state index in [0.29, 0.717) is 16.0 Å². The van der Waals surface area contributed by atoms with E-state index in [1.165, 1.54) is 42.4 Å². The van der Waals surface area contributed by atoms with Crippen LogP contribution in [0.4, 0.5) is 9.93 Å². The van der Waals surface area contributed by atoms with Crippen LogP contribution in [0.3, 0.4) is 0 Å². The van der Waals surface area contributed by atoms with Crippen molar-refractivity contribution in [1.29, 1.82) is 0 Å². The van der Waals surface area contributed by atoms with E-state index >= 15 is 0 Å². The molecule has 0 unspecified atom stereocenters. The van der Waals surface area contributed by atoms with E-state index in [0.717, 1.165) is 32.3 Å². The van der Waals surface area contributed by atoms with Gasteiger partial charge in [-0.1, -0.05) is 42.4 Å². The van der Waals surface area contributed by atoms with Crippen LogP contribution in [0, 0.1) is 0 Å². The van der Waals surface area contributed by atoms with Gasteiger partial charge in [-0.25, -0.2) is 4.79 Å². The Labute approximate surface area is 161 Å². The van der Waals surface area contributed by atoms with E-state index in [1.807, 2.05) is 0 Å². The van der Waals surface area contributed by atoms with Gasteiger partial charge in [0.1, 0.15) is 0 Å². The van der Waals surface area contributed by atoms with Crippen LogP contribution >= 0.6 is 23.1 Å². The number of amides is 3. The van der Waals surface area contributed by atoms with Crippen LogP contribution in [-0.4, -0.2) is 53.2 Å². The van der Waals surface area contributed by atoms with Gasteiger partial charge in [0.25, 0.3) is 0 Å². The highest BCUT2D eigenvalue weighted by Crippen LogP contribution is 2.25. The minimum atomic E-state index is -0.237. The molecule has 2 aliphatic rings. The Kier molecular flexibility index (Phi) is 7.51. The summed E-state index contributed by atoms with van der Waals surface area (Å²) in [4.78, 5) is 23.9. The zero-order chi connectivity index (χ0) is 18.2. The van der Waals surface area contributed by atoms with Gasteiger partial charge in [-0.15, -0.1) is 10.2 Å². The number of thioether (sulfide) groups is 1. The molecular weight excluding hydrogens is 374 g/mol. The average Bonchev–Trinajstić information content (AvgIpc) is 3.31. The van der Waals surface area contributed by atoms with E-state index in [4.69, 9.17) is 4.74 Å². The van der Waals surface area contributed by atoms with Crippen molar-refractivity contribution in [2.45, 2.75) is 61.4 Å². The monoisotopic (exact) mass is 399 g/mol. The summed E-state index contributed by atoms with van der Waals surface area (Å²) in [6.45, 7) is 1.34. The highest BCUT2D eigenvalue weighted by molar-refractivity contribution is 8.01. The number of anilines is 1. The van der Waals surface area contributed by atoms with Crippen LogP contribution < -0.4 is 16.0 Å². The van der Waals surface area contributed by atoms with Gasteiger partial charge in [0, 0.05) is 19.2 Å². The fourth-order valence-corrected chi connectivity index (χ4v) is 4.67. The predicted molar refractivity (Wildman–Crippen MR) is 102 cm³/mol. The number of aromatic nitrogens is 2. The highest BCUT2D eigenvalue weighted by atomic mass is 32.2. The molecule has 26 heavy (non-hydrogen) atoms. The molecule has 3 N–H and O–H groups in total. The van der Waals surface area contributed by atoms with Gasteiger partial charge >= 0.3 is 6.03 Å². The van der Waals surface area contributed by atoms with E-state index in [-0.39, 0.29) is 29.8 Å². The summed E-state index contributed by atoms with van der Waals surface area (Å²) in [6, 6.07) is 0.0111. The lowest BCUT2D eigenvalue weighted by Crippen LogP contribution is -2.38. The quantitative estimate of drug-likeness (QED) is 0.480. The Balaban J connectivity index is 1.34. The van der Waals surface area contributed by atoms with E-state index in [2.05, 4.69) is 26.1 Å². The maximum Gasteiger partial charge on any atom is 0.321 e. The average molecular weight is 400 g/mol. The zero-order valence-electron chi connectivity index (χ0n) is 14.7. The first-order valence-corrected chi connectivity index (χ1v) is 10.9. The molecule has 0 bridgehead atoms. The van der Waals surface area contributed by atoms with Crippen molar-refractivity contribution in [2.24, 2.45) is 0 Å². The van der Waals surface area contributed by atoms with E-state index < -0.39 is 0 Å². The molecule has 1 aromatic rings. The fourth-order valence-electron chi connectivity index (χ4n) is 3.10. The van der Waals surface area contributed by atoms with Gasteiger partial charge in [-0.3, -0.25) is 10.1 Å². The number of hydrogen-bond donors (Lipinski definition) is 3. The highest BCUT2D eigenvalue weighted by Gasteiger charge is 2.18. The van der Waals surface area contributed by atoms with Gasteiger partial charge in [-0.05, 0) is 25.7 Å². The normalized spacial score (nSPS) is 20.7. The molecule has 3 amide bonds. The number of nitrogens with one attached hydrogen (secondary N) is 3. The van der Waals surface area contributed by atoms with Crippen molar-refractivity contribution >= 4 is 40.2 Å². The van der Waals surface area contributed by atoms with Crippen molar-refractivity contribution in [1.82, 2.24) is 20.8 Å². The molecule has 8 nitrogen and oxygen atoms in total. The van der Waals surface area contributed by atoms with Crippen molar-refractivity contribution in [2.75, 3.05) is 24.2 Å². The van der Waals surface area contributed by atoms with Gasteiger partial charge < -0.3 is 15.4 Å². The second kappa shape index (κ2) is 10.1. The molecule has 1 aliphatic carbocycles. The fraction of sp³-hybridized carbons (Fsp3) is 0.750. The molecule has 3 rings (SSSR count). The molecule has 1 aromatic heterocycles. The molecule has 144 valence electrons. The van der Waals surface area contributed by atoms with Gasteiger partial charge in [0.2, 0.25) is 11.0 Å². The number of carbonyl (C=O) groups excluding carboxylic acids is 2. The lowest BCUT2D eigenvalue weighted by Gasteiger charge is -2.22. The number of nitrogens with zero attached hydrogens (tertiary/aromatic N) is 2. The van der Waals surface area contributed by atoms with Crippen LogP contribution in [0.15, 0.2) is 4.34 Å². The van der Waals surface area contributed by atoms with Crippen LogP contribution in [0.1, 0.15) is 44.9 Å². The maximum absolute atomic E-state index is 12.0. The summed E-state index contributed by atoms with van der Waals surface area (Å²) in [7, 11) is 0. The van der Waals surface area contributed by atoms with Crippen molar-refractivity contribution in [3.8, 4) is 0 Å². The molecule has 1 saturated heterocycles. The standard InChI is InChI=1S/C16H25N5O3S2/c22-13(17-9-12-7-4-8-24-12)10-25-16-21-20-15(26-16)19-14(23)18-11-5-2-1-3-6-11/h11-12H,1-10H2,(H,17,22)(H2,18,19,20,23)/t12-/m1/s1. The van der Waals surface area contributed by atoms with E-state index in [1.54, 1.807) is 0 Å². The van der Waals surface area contributed by atoms with Crippen LogP contribution in [0.25, 0.3) is 0 Å². The molecule has 2 heterocycles. The maximum atomic E-state index is 12.0. The molecule has 0 spiro atoms. The molecule has 0 aromatic carbocycles. The number of rotatable bonds is 7. The minimum Gasteiger partial charge on any atom is -0.376 e. The summed E-state index contributed by atoms with van der Waals surface area (Å²) in [5, 5.41) is 17.0. The first-order chi connectivity index (χ1) is 12.7. The molecule has 2 fully saturated rings. The summed E-state index contributed by atoms with van der Waals surface area (Å²) >= 11 is 2.59. The number of urea groups is 1. The Morgan fingerprint density at radius 2 is 2.00 bits per heavy atom. The number of ether oxygens (including phenoxy) is 1. The molecule has 1 atom stereocenters. The Morgan fingerprint density at radius 1 is 1.15 bits per heavy atom. The molecular formula is C16H25N5O3S2. The summed E-state index contributed by atoms with van der Waals surface area (Å²) in [6.07, 6.45) is 7.85. The SMILES string of the molecule is O=C(CSc1nnc(NC(=O)NC2CCCCC2)s1)NC[C@H]1CCCO1. The van der Waals surface area contributed by atoms with Crippen LogP contribution in [-0.2, 0) is 9.53 Å². The lowest BCUT2D eigenvalue weighted by atomic mass is 9.96. The second-order valence-corrected chi connectivity index (χ2v) is 8.73. The third-order valence-corrected chi connectivity index (χ3v) is 6.42. The molecule has 1 saturated carbocycles. The molecule has 0 radical (unpaired) electrons. The first kappa shape index (κ1) is 19.4. The van der Waals surface area contributed by atoms with Crippen molar-refractivity contribution in [3.05, 3.63) is 0 Å². The second-order valence-electron chi connectivity index (χ2n) is 6.53. The topological polar surface area (TPSA) is 105 Å². The predicted octanol–water partition coefficient (Wildman–Crippen LogP) is 2.38. The smallest absolute Gasteiger partial charge is 0.321 e. The first-order valence-electron chi connectivity index (χ1n) is 9.11. The third kappa shape index (κ3) is 6.40. The number of carbonyl (C=O) groups is 2. The van der Waals surface area contributed by atoms with Gasteiger partial charge in [-0.2, -0.15) is 0 Å². The van der Waals surface area contributed by atoms with Crippen molar-refractivity contribution in [3.63, 3.8) is 0 Å². The van der Waals surface area contributed by atoms with Crippen LogP contribution in [0.2, 0.25) is 0 Å². The Hall–Kier alpha value is -1.39. The van der Waals surface area contributed by atoms with E-state index in [9.17, 15) is 9.59 Å². The molecule has 10 heteroatoms. The van der Waals surface area contributed by atoms with Crippen molar-refractivity contribution < 1.29 is 14.3 Å². The Bertz CT molecular complexity index is 600. The largest absolute Gasteiger partial charge is 0.376 e.